The fourth-order valence-corrected chi connectivity index (χ4v) is 2.74. The first kappa shape index (κ1) is 13.0. The summed E-state index contributed by atoms with van der Waals surface area (Å²) in [6, 6.07) is 2.24. The van der Waals surface area contributed by atoms with Gasteiger partial charge in [-0.3, -0.25) is 4.79 Å². The molecule has 0 aromatic heterocycles. The number of carboxylic acids is 1. The maximum atomic E-state index is 13.5. The van der Waals surface area contributed by atoms with Crippen LogP contribution in [0.15, 0.2) is 12.1 Å². The van der Waals surface area contributed by atoms with Gasteiger partial charge in [0.15, 0.2) is 11.6 Å². The predicted molar refractivity (Wildman–Crippen MR) is 60.3 cm³/mol. The number of aliphatic hydroxyl groups is 1. The van der Waals surface area contributed by atoms with Gasteiger partial charge in [0.1, 0.15) is 0 Å². The molecule has 1 aromatic carbocycles. The number of carboxylic acid groups (broad SMARTS) is 1. The van der Waals surface area contributed by atoms with Gasteiger partial charge in [-0.05, 0) is 43.4 Å². The largest absolute Gasteiger partial charge is 0.481 e. The molecule has 18 heavy (non-hydrogen) atoms. The van der Waals surface area contributed by atoms with Gasteiger partial charge >= 0.3 is 5.97 Å². The first-order chi connectivity index (χ1) is 8.38. The third-order valence-electron chi connectivity index (χ3n) is 3.75. The summed E-state index contributed by atoms with van der Waals surface area (Å²) in [5, 5.41) is 19.0. The zero-order valence-electron chi connectivity index (χ0n) is 9.91. The molecule has 0 spiro atoms. The summed E-state index contributed by atoms with van der Waals surface area (Å²) in [5.74, 6) is -3.11. The third kappa shape index (κ3) is 1.79. The van der Waals surface area contributed by atoms with Crippen LogP contribution in [0.2, 0.25) is 0 Å². The number of rotatable bonds is 2. The van der Waals surface area contributed by atoms with Crippen LogP contribution in [0.4, 0.5) is 8.78 Å². The number of halogens is 2. The molecule has 2 N–H and O–H groups in total. The molecule has 98 valence electrons. The summed E-state index contributed by atoms with van der Waals surface area (Å²) in [6.45, 7) is 1.36. The van der Waals surface area contributed by atoms with Gasteiger partial charge < -0.3 is 10.2 Å². The highest BCUT2D eigenvalue weighted by molar-refractivity contribution is 5.82. The molecule has 1 aliphatic carbocycles. The molecule has 5 heteroatoms. The lowest BCUT2D eigenvalue weighted by molar-refractivity contribution is -0.144. The molecule has 2 atom stereocenters. The second-order valence-corrected chi connectivity index (χ2v) is 4.82. The second kappa shape index (κ2) is 4.31. The number of carbonyl (C=O) groups is 1. The van der Waals surface area contributed by atoms with E-state index in [0.29, 0.717) is 6.42 Å². The average Bonchev–Trinajstić information content (AvgIpc) is 2.70. The maximum Gasteiger partial charge on any atom is 0.314 e. The highest BCUT2D eigenvalue weighted by Crippen LogP contribution is 2.43. The fourth-order valence-electron chi connectivity index (χ4n) is 2.74. The Hall–Kier alpha value is -1.49. The van der Waals surface area contributed by atoms with Gasteiger partial charge in [0.25, 0.3) is 0 Å². The number of aliphatic hydroxyl groups excluding tert-OH is 1. The Labute approximate surface area is 103 Å². The van der Waals surface area contributed by atoms with Crippen LogP contribution in [0, 0.1) is 18.6 Å². The quantitative estimate of drug-likeness (QED) is 0.852. The van der Waals surface area contributed by atoms with Crippen molar-refractivity contribution in [3.8, 4) is 0 Å². The first-order valence-corrected chi connectivity index (χ1v) is 5.75. The van der Waals surface area contributed by atoms with Gasteiger partial charge in [-0.2, -0.15) is 0 Å². The zero-order chi connectivity index (χ0) is 13.5. The van der Waals surface area contributed by atoms with E-state index in [0.717, 1.165) is 6.07 Å². The van der Waals surface area contributed by atoms with Gasteiger partial charge in [0.05, 0.1) is 11.5 Å². The smallest absolute Gasteiger partial charge is 0.314 e. The van der Waals surface area contributed by atoms with Gasteiger partial charge in [0.2, 0.25) is 0 Å². The summed E-state index contributed by atoms with van der Waals surface area (Å²) in [5.41, 5.74) is -1.05. The first-order valence-electron chi connectivity index (χ1n) is 5.75. The van der Waals surface area contributed by atoms with Crippen LogP contribution in [-0.4, -0.2) is 22.3 Å². The Kier molecular flexibility index (Phi) is 3.11. The molecule has 0 heterocycles. The van der Waals surface area contributed by atoms with Crippen LogP contribution in [-0.2, 0) is 10.2 Å². The second-order valence-electron chi connectivity index (χ2n) is 4.82. The topological polar surface area (TPSA) is 57.5 Å². The van der Waals surface area contributed by atoms with Crippen LogP contribution in [0.3, 0.4) is 0 Å². The summed E-state index contributed by atoms with van der Waals surface area (Å²) in [6.07, 6.45) is -0.0948. The molecule has 3 nitrogen and oxygen atoms in total. The highest BCUT2D eigenvalue weighted by Gasteiger charge is 2.47. The Morgan fingerprint density at radius 3 is 2.61 bits per heavy atom. The van der Waals surface area contributed by atoms with Crippen LogP contribution in [0.1, 0.15) is 30.4 Å². The molecule has 0 radical (unpaired) electrons. The Morgan fingerprint density at radius 1 is 1.44 bits per heavy atom. The van der Waals surface area contributed by atoms with E-state index in [-0.39, 0.29) is 24.0 Å². The van der Waals surface area contributed by atoms with E-state index in [4.69, 9.17) is 0 Å². The summed E-state index contributed by atoms with van der Waals surface area (Å²) in [4.78, 5) is 11.5. The van der Waals surface area contributed by atoms with Crippen molar-refractivity contribution in [2.45, 2.75) is 37.7 Å². The van der Waals surface area contributed by atoms with Crippen molar-refractivity contribution in [3.05, 3.63) is 34.9 Å². The zero-order valence-corrected chi connectivity index (χ0v) is 9.91. The van der Waals surface area contributed by atoms with E-state index in [1.807, 2.05) is 0 Å². The predicted octanol–water partition coefficient (Wildman–Crippen LogP) is 2.14. The lowest BCUT2D eigenvalue weighted by Gasteiger charge is -2.26. The molecule has 2 unspecified atom stereocenters. The van der Waals surface area contributed by atoms with E-state index >= 15 is 0 Å². The Bertz CT molecular complexity index is 501. The van der Waals surface area contributed by atoms with Crippen molar-refractivity contribution in [2.24, 2.45) is 0 Å². The highest BCUT2D eigenvalue weighted by atomic mass is 19.2. The Morgan fingerprint density at radius 2 is 2.11 bits per heavy atom. The van der Waals surface area contributed by atoms with E-state index in [2.05, 4.69) is 0 Å². The normalized spacial score (nSPS) is 27.4. The van der Waals surface area contributed by atoms with E-state index in [9.17, 15) is 23.8 Å². The molecule has 1 aromatic rings. The molecular weight excluding hydrogens is 242 g/mol. The maximum absolute atomic E-state index is 13.5. The minimum absolute atomic E-state index is 0.00602. The van der Waals surface area contributed by atoms with Gasteiger partial charge in [-0.1, -0.05) is 6.07 Å². The van der Waals surface area contributed by atoms with Crippen molar-refractivity contribution >= 4 is 5.97 Å². The van der Waals surface area contributed by atoms with Gasteiger partial charge in [0, 0.05) is 0 Å². The molecular formula is C13H14F2O3. The van der Waals surface area contributed by atoms with E-state index in [1.54, 1.807) is 0 Å². The number of benzene rings is 1. The molecule has 0 amide bonds. The molecule has 0 aliphatic heterocycles. The van der Waals surface area contributed by atoms with Crippen molar-refractivity contribution < 1.29 is 23.8 Å². The monoisotopic (exact) mass is 256 g/mol. The van der Waals surface area contributed by atoms with Gasteiger partial charge in [-0.25, -0.2) is 8.78 Å². The molecule has 1 fully saturated rings. The molecule has 1 aliphatic rings. The van der Waals surface area contributed by atoms with Crippen molar-refractivity contribution in [3.63, 3.8) is 0 Å². The van der Waals surface area contributed by atoms with Crippen LogP contribution >= 0.6 is 0 Å². The van der Waals surface area contributed by atoms with Crippen molar-refractivity contribution in [1.29, 1.82) is 0 Å². The summed E-state index contributed by atoms with van der Waals surface area (Å²) < 4.78 is 26.6. The summed E-state index contributed by atoms with van der Waals surface area (Å²) in [7, 11) is 0. The SMILES string of the molecule is Cc1c(C2(C(=O)O)CCC(O)C2)ccc(F)c1F. The lowest BCUT2D eigenvalue weighted by Crippen LogP contribution is -2.34. The van der Waals surface area contributed by atoms with Crippen LogP contribution < -0.4 is 0 Å². The van der Waals surface area contributed by atoms with E-state index < -0.39 is 29.1 Å². The van der Waals surface area contributed by atoms with Crippen LogP contribution in [0.5, 0.6) is 0 Å². The van der Waals surface area contributed by atoms with Crippen molar-refractivity contribution in [2.75, 3.05) is 0 Å². The van der Waals surface area contributed by atoms with Crippen LogP contribution in [0.25, 0.3) is 0 Å². The van der Waals surface area contributed by atoms with Crippen molar-refractivity contribution in [1.82, 2.24) is 0 Å². The average molecular weight is 256 g/mol. The fraction of sp³-hybridized carbons (Fsp3) is 0.462. The summed E-state index contributed by atoms with van der Waals surface area (Å²) >= 11 is 0. The molecule has 1 saturated carbocycles. The standard InChI is InChI=1S/C13H14F2O3/c1-7-9(2-3-10(14)11(7)15)13(12(17)18)5-4-8(16)6-13/h2-3,8,16H,4-6H2,1H3,(H,17,18). The minimum Gasteiger partial charge on any atom is -0.481 e. The molecule has 2 rings (SSSR count). The number of aliphatic carboxylic acids is 1. The van der Waals surface area contributed by atoms with E-state index in [1.165, 1.54) is 13.0 Å². The van der Waals surface area contributed by atoms with Gasteiger partial charge in [-0.15, -0.1) is 0 Å². The molecule has 0 saturated heterocycles. The number of hydrogen-bond acceptors (Lipinski definition) is 2. The number of hydrogen-bond donors (Lipinski definition) is 2. The molecule has 0 bridgehead atoms. The Balaban J connectivity index is 2.58. The third-order valence-corrected chi connectivity index (χ3v) is 3.75. The minimum atomic E-state index is -1.31. The lowest BCUT2D eigenvalue weighted by atomic mass is 9.76.